The lowest BCUT2D eigenvalue weighted by molar-refractivity contribution is -0.143. The van der Waals surface area contributed by atoms with E-state index in [9.17, 15) is 29.1 Å². The third kappa shape index (κ3) is 10.5. The van der Waals surface area contributed by atoms with Crippen molar-refractivity contribution < 1.29 is 29.1 Å². The monoisotopic (exact) mass is 553 g/mol. The zero-order chi connectivity index (χ0) is 29.7. The normalized spacial score (nSPS) is 14.6. The molecule has 216 valence electrons. The first kappa shape index (κ1) is 32.0. The molecule has 0 saturated heterocycles. The van der Waals surface area contributed by atoms with Crippen LogP contribution in [0, 0.1) is 5.92 Å². The van der Waals surface area contributed by atoms with Gasteiger partial charge in [-0.25, -0.2) is 4.79 Å². The maximum Gasteiger partial charge on any atom is 0.326 e. The third-order valence-electron chi connectivity index (χ3n) is 6.64. The highest BCUT2D eigenvalue weighted by molar-refractivity contribution is 5.94. The van der Waals surface area contributed by atoms with Crippen molar-refractivity contribution in [2.45, 2.75) is 70.1 Å². The Morgan fingerprint density at radius 2 is 1.30 bits per heavy atom. The summed E-state index contributed by atoms with van der Waals surface area (Å²) in [5, 5.41) is 17.3. The van der Waals surface area contributed by atoms with Crippen LogP contribution < -0.4 is 27.4 Å². The Balaban J connectivity index is 2.21. The molecule has 2 aromatic carbocycles. The predicted molar refractivity (Wildman–Crippen MR) is 150 cm³/mol. The van der Waals surface area contributed by atoms with E-state index in [1.165, 1.54) is 0 Å². The first-order valence-electron chi connectivity index (χ1n) is 13.3. The summed E-state index contributed by atoms with van der Waals surface area (Å²) in [6.07, 6.45) is 0.485. The molecule has 2 rings (SSSR count). The first-order chi connectivity index (χ1) is 19.0. The van der Waals surface area contributed by atoms with Crippen molar-refractivity contribution in [1.29, 1.82) is 0 Å². The van der Waals surface area contributed by atoms with Gasteiger partial charge in [-0.2, -0.15) is 0 Å². The van der Waals surface area contributed by atoms with Gasteiger partial charge in [0.25, 0.3) is 0 Å². The maximum absolute atomic E-state index is 13.5. The first-order valence-corrected chi connectivity index (χ1v) is 13.3. The number of hydrogen-bond acceptors (Lipinski definition) is 6. The fraction of sp³-hybridized carbons (Fsp3) is 0.414. The summed E-state index contributed by atoms with van der Waals surface area (Å²) < 4.78 is 0. The number of hydrogen-bond donors (Lipinski definition) is 6. The Labute approximate surface area is 234 Å². The Morgan fingerprint density at radius 3 is 1.80 bits per heavy atom. The molecule has 0 aromatic heterocycles. The van der Waals surface area contributed by atoms with Crippen LogP contribution >= 0.6 is 0 Å². The van der Waals surface area contributed by atoms with E-state index in [2.05, 4.69) is 16.0 Å². The van der Waals surface area contributed by atoms with E-state index in [-0.39, 0.29) is 31.6 Å². The van der Waals surface area contributed by atoms with Gasteiger partial charge in [-0.3, -0.25) is 19.2 Å². The Bertz CT molecular complexity index is 1140. The quantitative estimate of drug-likeness (QED) is 0.176. The highest BCUT2D eigenvalue weighted by Crippen LogP contribution is 2.12. The van der Waals surface area contributed by atoms with E-state index in [0.29, 0.717) is 6.42 Å². The van der Waals surface area contributed by atoms with Gasteiger partial charge in [0.15, 0.2) is 0 Å². The predicted octanol–water partition coefficient (Wildman–Crippen LogP) is 0.650. The van der Waals surface area contributed by atoms with Crippen LogP contribution in [-0.2, 0) is 36.8 Å². The van der Waals surface area contributed by atoms with Gasteiger partial charge < -0.3 is 32.5 Å². The topological polar surface area (TPSA) is 194 Å². The highest BCUT2D eigenvalue weighted by atomic mass is 16.4. The second kappa shape index (κ2) is 16.0. The number of primary amides is 1. The molecule has 0 bridgehead atoms. The number of rotatable bonds is 16. The molecule has 0 heterocycles. The third-order valence-corrected chi connectivity index (χ3v) is 6.64. The van der Waals surface area contributed by atoms with E-state index in [4.69, 9.17) is 11.5 Å². The van der Waals surface area contributed by atoms with E-state index in [1.807, 2.05) is 55.5 Å². The Hall–Kier alpha value is -4.25. The molecule has 5 unspecified atom stereocenters. The summed E-state index contributed by atoms with van der Waals surface area (Å²) in [5.74, 6) is -4.26. The number of amides is 4. The van der Waals surface area contributed by atoms with Crippen LogP contribution in [0.15, 0.2) is 60.7 Å². The average Bonchev–Trinajstić information content (AvgIpc) is 2.93. The van der Waals surface area contributed by atoms with Crippen LogP contribution in [0.5, 0.6) is 0 Å². The fourth-order valence-corrected chi connectivity index (χ4v) is 4.06. The number of carbonyl (C=O) groups excluding carboxylic acids is 4. The Morgan fingerprint density at radius 1 is 0.775 bits per heavy atom. The molecular weight excluding hydrogens is 514 g/mol. The number of nitrogens with two attached hydrogens (primary N) is 2. The summed E-state index contributed by atoms with van der Waals surface area (Å²) in [5.41, 5.74) is 12.9. The summed E-state index contributed by atoms with van der Waals surface area (Å²) >= 11 is 0. The summed E-state index contributed by atoms with van der Waals surface area (Å²) in [6.45, 7) is 3.56. The van der Waals surface area contributed by atoms with E-state index in [0.717, 1.165) is 11.1 Å². The van der Waals surface area contributed by atoms with Crippen LogP contribution in [0.1, 0.15) is 44.2 Å². The van der Waals surface area contributed by atoms with E-state index in [1.54, 1.807) is 19.1 Å². The molecule has 5 atom stereocenters. The smallest absolute Gasteiger partial charge is 0.326 e. The molecule has 11 heteroatoms. The van der Waals surface area contributed by atoms with Crippen molar-refractivity contribution in [1.82, 2.24) is 16.0 Å². The molecule has 11 nitrogen and oxygen atoms in total. The lowest BCUT2D eigenvalue weighted by Gasteiger charge is -2.28. The van der Waals surface area contributed by atoms with Gasteiger partial charge in [0.1, 0.15) is 18.1 Å². The second-order valence-corrected chi connectivity index (χ2v) is 9.82. The molecule has 40 heavy (non-hydrogen) atoms. The fourth-order valence-electron chi connectivity index (χ4n) is 4.06. The van der Waals surface area contributed by atoms with Gasteiger partial charge in [-0.05, 0) is 29.9 Å². The van der Waals surface area contributed by atoms with Crippen LogP contribution in [-0.4, -0.2) is 58.9 Å². The van der Waals surface area contributed by atoms with Crippen molar-refractivity contribution >= 4 is 29.6 Å². The SMILES string of the molecule is CCC(C)C(NC(=O)C(Cc1ccccc1)NC(=O)C(N)Cc1ccccc1)C(=O)NC(CCC(N)=O)C(=O)O. The summed E-state index contributed by atoms with van der Waals surface area (Å²) in [6, 6.07) is 13.9. The van der Waals surface area contributed by atoms with Crippen molar-refractivity contribution in [2.75, 3.05) is 0 Å². The van der Waals surface area contributed by atoms with Crippen molar-refractivity contribution in [3.63, 3.8) is 0 Å². The van der Waals surface area contributed by atoms with E-state index >= 15 is 0 Å². The number of carboxylic acids is 1. The molecule has 0 fully saturated rings. The number of carbonyl (C=O) groups is 5. The van der Waals surface area contributed by atoms with Crippen LogP contribution in [0.25, 0.3) is 0 Å². The van der Waals surface area contributed by atoms with Crippen molar-refractivity contribution in [2.24, 2.45) is 17.4 Å². The summed E-state index contributed by atoms with van der Waals surface area (Å²) in [4.78, 5) is 62.4. The molecular formula is C29H39N5O6. The van der Waals surface area contributed by atoms with Crippen molar-refractivity contribution in [3.05, 3.63) is 71.8 Å². The zero-order valence-electron chi connectivity index (χ0n) is 22.8. The van der Waals surface area contributed by atoms with Crippen molar-refractivity contribution in [3.8, 4) is 0 Å². The number of carboxylic acid groups (broad SMARTS) is 1. The number of aliphatic carboxylic acids is 1. The number of benzene rings is 2. The average molecular weight is 554 g/mol. The highest BCUT2D eigenvalue weighted by Gasteiger charge is 2.33. The molecule has 0 saturated carbocycles. The number of nitrogens with one attached hydrogen (secondary N) is 3. The molecule has 0 radical (unpaired) electrons. The summed E-state index contributed by atoms with van der Waals surface area (Å²) in [7, 11) is 0. The molecule has 0 aliphatic carbocycles. The largest absolute Gasteiger partial charge is 0.480 e. The minimum absolute atomic E-state index is 0.141. The van der Waals surface area contributed by atoms with Gasteiger partial charge in [-0.1, -0.05) is 80.9 Å². The van der Waals surface area contributed by atoms with Crippen LogP contribution in [0.4, 0.5) is 0 Å². The molecule has 4 amide bonds. The van der Waals surface area contributed by atoms with Gasteiger partial charge in [-0.15, -0.1) is 0 Å². The van der Waals surface area contributed by atoms with E-state index < -0.39 is 53.8 Å². The van der Waals surface area contributed by atoms with Crippen LogP contribution in [0.3, 0.4) is 0 Å². The van der Waals surface area contributed by atoms with Gasteiger partial charge in [0.2, 0.25) is 23.6 Å². The molecule has 0 spiro atoms. The molecule has 8 N–H and O–H groups in total. The molecule has 0 aliphatic heterocycles. The van der Waals surface area contributed by atoms with Gasteiger partial charge >= 0.3 is 5.97 Å². The second-order valence-electron chi connectivity index (χ2n) is 9.82. The Kier molecular flexibility index (Phi) is 12.8. The molecule has 0 aliphatic rings. The minimum atomic E-state index is -1.36. The van der Waals surface area contributed by atoms with Crippen LogP contribution in [0.2, 0.25) is 0 Å². The lowest BCUT2D eigenvalue weighted by atomic mass is 9.96. The van der Waals surface area contributed by atoms with Gasteiger partial charge in [0.05, 0.1) is 6.04 Å². The van der Waals surface area contributed by atoms with Gasteiger partial charge in [0, 0.05) is 12.8 Å². The standard InChI is InChI=1S/C29H39N5O6/c1-3-18(2)25(28(38)32-22(29(39)40)14-15-24(31)35)34-27(37)23(17-20-12-8-5-9-13-20)33-26(36)21(30)16-19-10-6-4-7-11-19/h4-13,18,21-23,25H,3,14-17,30H2,1-2H3,(H2,31,35)(H,32,38)(H,33,36)(H,34,37)(H,39,40). The lowest BCUT2D eigenvalue weighted by Crippen LogP contribution is -2.59. The maximum atomic E-state index is 13.5. The molecule has 2 aromatic rings. The zero-order valence-corrected chi connectivity index (χ0v) is 22.8. The minimum Gasteiger partial charge on any atom is -0.480 e.